The van der Waals surface area contributed by atoms with Gasteiger partial charge in [0, 0.05) is 25.2 Å². The summed E-state index contributed by atoms with van der Waals surface area (Å²) in [6, 6.07) is 14.2. The smallest absolute Gasteiger partial charge is 0.407 e. The molecule has 5 nitrogen and oxygen atoms in total. The highest BCUT2D eigenvalue weighted by Gasteiger charge is 2.31. The van der Waals surface area contributed by atoms with Gasteiger partial charge in [0.15, 0.2) is 0 Å². The Morgan fingerprint density at radius 2 is 1.86 bits per heavy atom. The van der Waals surface area contributed by atoms with E-state index in [4.69, 9.17) is 5.11 Å². The van der Waals surface area contributed by atoms with Crippen molar-refractivity contribution in [3.05, 3.63) is 59.9 Å². The summed E-state index contributed by atoms with van der Waals surface area (Å²) in [6.07, 6.45) is 2.55. The number of carboxylic acid groups (broad SMARTS) is 1. The SMILES string of the molecule is O=C(O)N1CCC([C@@H](c2ccccc2)c2cccnn2)CC1. The first-order valence-corrected chi connectivity index (χ1v) is 7.56. The lowest BCUT2D eigenvalue weighted by Gasteiger charge is -2.34. The molecule has 1 saturated heterocycles. The summed E-state index contributed by atoms with van der Waals surface area (Å²) < 4.78 is 0. The van der Waals surface area contributed by atoms with E-state index in [2.05, 4.69) is 22.3 Å². The van der Waals surface area contributed by atoms with Crippen LogP contribution in [0.3, 0.4) is 0 Å². The van der Waals surface area contributed by atoms with Crippen LogP contribution in [0.15, 0.2) is 48.7 Å². The molecule has 22 heavy (non-hydrogen) atoms. The average Bonchev–Trinajstić information content (AvgIpc) is 2.57. The number of hydrogen-bond acceptors (Lipinski definition) is 3. The Morgan fingerprint density at radius 3 is 2.45 bits per heavy atom. The van der Waals surface area contributed by atoms with E-state index in [-0.39, 0.29) is 5.92 Å². The Balaban J connectivity index is 1.86. The number of carbonyl (C=O) groups is 1. The molecule has 0 unspecified atom stereocenters. The second-order valence-electron chi connectivity index (χ2n) is 5.64. The monoisotopic (exact) mass is 297 g/mol. The zero-order valence-corrected chi connectivity index (χ0v) is 12.3. The van der Waals surface area contributed by atoms with Crippen molar-refractivity contribution in [1.29, 1.82) is 0 Å². The van der Waals surface area contributed by atoms with Crippen LogP contribution in [0.1, 0.15) is 30.0 Å². The third-order valence-corrected chi connectivity index (χ3v) is 4.35. The van der Waals surface area contributed by atoms with Crippen LogP contribution < -0.4 is 0 Å². The third-order valence-electron chi connectivity index (χ3n) is 4.35. The molecule has 3 rings (SSSR count). The predicted octanol–water partition coefficient (Wildman–Crippen LogP) is 3.00. The van der Waals surface area contributed by atoms with E-state index in [1.54, 1.807) is 6.20 Å². The van der Waals surface area contributed by atoms with Gasteiger partial charge in [-0.25, -0.2) is 4.79 Å². The normalized spacial score (nSPS) is 17.2. The van der Waals surface area contributed by atoms with Crippen molar-refractivity contribution in [2.45, 2.75) is 18.8 Å². The first kappa shape index (κ1) is 14.5. The highest BCUT2D eigenvalue weighted by molar-refractivity contribution is 5.65. The largest absolute Gasteiger partial charge is 0.465 e. The molecule has 0 saturated carbocycles. The maximum atomic E-state index is 11.1. The number of nitrogens with zero attached hydrogens (tertiary/aromatic N) is 3. The fraction of sp³-hybridized carbons (Fsp3) is 0.353. The van der Waals surface area contributed by atoms with Gasteiger partial charge in [0.05, 0.1) is 5.69 Å². The first-order valence-electron chi connectivity index (χ1n) is 7.56. The summed E-state index contributed by atoms with van der Waals surface area (Å²) in [4.78, 5) is 12.6. The quantitative estimate of drug-likeness (QED) is 0.945. The molecule has 5 heteroatoms. The van der Waals surface area contributed by atoms with E-state index in [1.807, 2.05) is 30.3 Å². The van der Waals surface area contributed by atoms with Crippen molar-refractivity contribution < 1.29 is 9.90 Å². The topological polar surface area (TPSA) is 66.3 Å². The van der Waals surface area contributed by atoms with Crippen LogP contribution in [0.2, 0.25) is 0 Å². The lowest BCUT2D eigenvalue weighted by molar-refractivity contribution is 0.121. The fourth-order valence-corrected chi connectivity index (χ4v) is 3.25. The molecule has 1 fully saturated rings. The number of amides is 1. The van der Waals surface area contributed by atoms with Crippen LogP contribution >= 0.6 is 0 Å². The summed E-state index contributed by atoms with van der Waals surface area (Å²) in [5.74, 6) is 0.556. The van der Waals surface area contributed by atoms with Crippen LogP contribution in [0.25, 0.3) is 0 Å². The Morgan fingerprint density at radius 1 is 1.14 bits per heavy atom. The van der Waals surface area contributed by atoms with E-state index in [1.165, 1.54) is 10.5 Å². The average molecular weight is 297 g/mol. The third kappa shape index (κ3) is 3.08. The summed E-state index contributed by atoms with van der Waals surface area (Å²) in [6.45, 7) is 1.17. The van der Waals surface area contributed by atoms with Gasteiger partial charge in [0.2, 0.25) is 0 Å². The Labute approximate surface area is 129 Å². The highest BCUT2D eigenvalue weighted by atomic mass is 16.4. The summed E-state index contributed by atoms with van der Waals surface area (Å²) in [5.41, 5.74) is 2.18. The number of rotatable bonds is 3. The lowest BCUT2D eigenvalue weighted by atomic mass is 9.78. The van der Waals surface area contributed by atoms with Gasteiger partial charge < -0.3 is 10.0 Å². The molecule has 0 radical (unpaired) electrons. The number of piperidine rings is 1. The van der Waals surface area contributed by atoms with E-state index in [0.717, 1.165) is 18.5 Å². The molecule has 1 atom stereocenters. The minimum Gasteiger partial charge on any atom is -0.465 e. The number of aromatic nitrogens is 2. The van der Waals surface area contributed by atoms with Crippen LogP contribution in [-0.2, 0) is 0 Å². The second-order valence-corrected chi connectivity index (χ2v) is 5.64. The summed E-state index contributed by atoms with van der Waals surface area (Å²) in [5, 5.41) is 17.4. The predicted molar refractivity (Wildman–Crippen MR) is 82.6 cm³/mol. The number of likely N-dealkylation sites (tertiary alicyclic amines) is 1. The second kappa shape index (κ2) is 6.56. The van der Waals surface area contributed by atoms with Crippen molar-refractivity contribution in [2.24, 2.45) is 5.92 Å². The van der Waals surface area contributed by atoms with Crippen LogP contribution in [0.5, 0.6) is 0 Å². The fourth-order valence-electron chi connectivity index (χ4n) is 3.25. The van der Waals surface area contributed by atoms with Crippen LogP contribution in [0.4, 0.5) is 4.79 Å². The summed E-state index contributed by atoms with van der Waals surface area (Å²) in [7, 11) is 0. The molecule has 1 aliphatic rings. The van der Waals surface area contributed by atoms with Gasteiger partial charge in [0.25, 0.3) is 0 Å². The molecule has 0 aliphatic carbocycles. The van der Waals surface area contributed by atoms with E-state index in [9.17, 15) is 4.79 Å². The Kier molecular flexibility index (Phi) is 4.32. The molecule has 1 N–H and O–H groups in total. The molecule has 1 aromatic carbocycles. The van der Waals surface area contributed by atoms with Crippen LogP contribution in [-0.4, -0.2) is 39.4 Å². The van der Waals surface area contributed by atoms with Crippen LogP contribution in [0, 0.1) is 5.92 Å². The standard InChI is InChI=1S/C17H19N3O2/c21-17(22)20-11-8-14(9-12-20)16(13-5-2-1-3-6-13)15-7-4-10-18-19-15/h1-7,10,14,16H,8-9,11-12H2,(H,21,22)/t16-/m1/s1. The van der Waals surface area contributed by atoms with E-state index >= 15 is 0 Å². The van der Waals surface area contributed by atoms with Gasteiger partial charge in [-0.1, -0.05) is 30.3 Å². The van der Waals surface area contributed by atoms with Crippen molar-refractivity contribution in [2.75, 3.05) is 13.1 Å². The lowest BCUT2D eigenvalue weighted by Crippen LogP contribution is -2.39. The molecule has 1 aliphatic heterocycles. The molecule has 1 aromatic heterocycles. The van der Waals surface area contributed by atoms with E-state index < -0.39 is 6.09 Å². The Bertz CT molecular complexity index is 571. The van der Waals surface area contributed by atoms with Crippen molar-refractivity contribution in [3.63, 3.8) is 0 Å². The van der Waals surface area contributed by atoms with Gasteiger partial charge in [-0.2, -0.15) is 10.2 Å². The van der Waals surface area contributed by atoms with Gasteiger partial charge in [-0.15, -0.1) is 0 Å². The summed E-state index contributed by atoms with van der Waals surface area (Å²) >= 11 is 0. The molecule has 0 spiro atoms. The molecule has 0 bridgehead atoms. The first-order chi connectivity index (χ1) is 10.8. The Hall–Kier alpha value is -2.43. The molecule has 1 amide bonds. The maximum absolute atomic E-state index is 11.1. The minimum atomic E-state index is -0.825. The number of benzene rings is 1. The van der Waals surface area contributed by atoms with Crippen molar-refractivity contribution in [1.82, 2.24) is 15.1 Å². The van der Waals surface area contributed by atoms with Gasteiger partial charge in [-0.3, -0.25) is 0 Å². The molecule has 2 aromatic rings. The van der Waals surface area contributed by atoms with Crippen molar-refractivity contribution in [3.8, 4) is 0 Å². The van der Waals surface area contributed by atoms with Gasteiger partial charge >= 0.3 is 6.09 Å². The maximum Gasteiger partial charge on any atom is 0.407 e. The molecular weight excluding hydrogens is 278 g/mol. The van der Waals surface area contributed by atoms with Gasteiger partial charge in [-0.05, 0) is 36.5 Å². The van der Waals surface area contributed by atoms with E-state index in [0.29, 0.717) is 19.0 Å². The zero-order chi connectivity index (χ0) is 15.4. The molecule has 2 heterocycles. The zero-order valence-electron chi connectivity index (χ0n) is 12.3. The number of hydrogen-bond donors (Lipinski definition) is 1. The highest BCUT2D eigenvalue weighted by Crippen LogP contribution is 2.36. The molecular formula is C17H19N3O2. The minimum absolute atomic E-state index is 0.172. The van der Waals surface area contributed by atoms with Crippen molar-refractivity contribution >= 4 is 6.09 Å². The molecule has 114 valence electrons. The van der Waals surface area contributed by atoms with Gasteiger partial charge in [0.1, 0.15) is 0 Å².